The van der Waals surface area contributed by atoms with Gasteiger partial charge in [0.15, 0.2) is 12.6 Å². The summed E-state index contributed by atoms with van der Waals surface area (Å²) >= 11 is 0. The summed E-state index contributed by atoms with van der Waals surface area (Å²) in [5.74, 6) is -2.15. The average molecular weight is 801 g/mol. The molecule has 0 aromatic heterocycles. The van der Waals surface area contributed by atoms with Gasteiger partial charge in [-0.3, -0.25) is 9.59 Å². The minimum absolute atomic E-state index is 0.284. The molecule has 10 heteroatoms. The van der Waals surface area contributed by atoms with E-state index in [9.17, 15) is 9.59 Å². The molecule has 0 rings (SSSR count). The lowest BCUT2D eigenvalue weighted by atomic mass is 10.1. The van der Waals surface area contributed by atoms with Gasteiger partial charge in [0.05, 0.1) is 12.8 Å². The summed E-state index contributed by atoms with van der Waals surface area (Å²) < 4.78 is 0. The van der Waals surface area contributed by atoms with Crippen molar-refractivity contribution in [1.29, 1.82) is 0 Å². The molecule has 0 radical (unpaired) electrons. The summed E-state index contributed by atoms with van der Waals surface area (Å²) in [5, 5.41) is 56.6. The molecule has 0 aliphatic rings. The average Bonchev–Trinajstić information content (AvgIpc) is 3.16. The molecule has 0 aromatic rings. The fourth-order valence-corrected chi connectivity index (χ4v) is 6.02. The number of carbonyl (C=O) groups is 2. The third-order valence-electron chi connectivity index (χ3n) is 9.44. The normalized spacial score (nSPS) is 11.4. The van der Waals surface area contributed by atoms with Crippen molar-refractivity contribution >= 4 is 11.9 Å². The van der Waals surface area contributed by atoms with Crippen molar-refractivity contribution < 1.29 is 40.2 Å². The van der Waals surface area contributed by atoms with E-state index in [1.165, 1.54) is 180 Å². The number of nitrogens with one attached hydrogen (secondary N) is 2. The van der Waals surface area contributed by atoms with Crippen LogP contribution in [0.25, 0.3) is 0 Å². The number of unbranched alkanes of at least 4 members (excludes halogenated alkanes) is 26. The van der Waals surface area contributed by atoms with Crippen LogP contribution in [-0.2, 0) is 9.59 Å². The zero-order valence-corrected chi connectivity index (χ0v) is 36.4. The minimum atomic E-state index is -1.22. The summed E-state index contributed by atoms with van der Waals surface area (Å²) in [6, 6.07) is 0. The van der Waals surface area contributed by atoms with Crippen LogP contribution in [0.5, 0.6) is 0 Å². The van der Waals surface area contributed by atoms with Gasteiger partial charge in [0.1, 0.15) is 0 Å². The van der Waals surface area contributed by atoms with Crippen LogP contribution in [0.4, 0.5) is 0 Å². The predicted molar refractivity (Wildman–Crippen MR) is 235 cm³/mol. The number of rotatable bonds is 41. The molecule has 0 spiro atoms. The van der Waals surface area contributed by atoms with Crippen LogP contribution in [0, 0.1) is 0 Å². The quantitative estimate of drug-likeness (QED) is 0.0168. The first-order valence-electron chi connectivity index (χ1n) is 23.0. The van der Waals surface area contributed by atoms with Crippen LogP contribution in [0.3, 0.4) is 0 Å². The van der Waals surface area contributed by atoms with E-state index in [2.05, 4.69) is 48.8 Å². The van der Waals surface area contributed by atoms with E-state index in [0.717, 1.165) is 25.9 Å². The molecule has 56 heavy (non-hydrogen) atoms. The number of hydrogen-bond donors (Lipinski definition) is 8. The Morgan fingerprint density at radius 1 is 0.393 bits per heavy atom. The number of aliphatic hydroxyl groups excluding tert-OH is 2. The maximum Gasteiger partial charge on any atom is 0.303 e. The second kappa shape index (κ2) is 53.2. The summed E-state index contributed by atoms with van der Waals surface area (Å²) in [7, 11) is 0. The van der Waals surface area contributed by atoms with Crippen molar-refractivity contribution in [3.8, 4) is 0 Å². The third kappa shape index (κ3) is 67.0. The van der Waals surface area contributed by atoms with Crippen LogP contribution in [0.2, 0.25) is 0 Å². The number of allylic oxidation sites excluding steroid dienone is 4. The van der Waals surface area contributed by atoms with Crippen LogP contribution in [0.1, 0.15) is 219 Å². The molecular weight excluding hydrogens is 709 g/mol. The lowest BCUT2D eigenvalue weighted by molar-refractivity contribution is -0.143. The van der Waals surface area contributed by atoms with Crippen LogP contribution >= 0.6 is 0 Å². The third-order valence-corrected chi connectivity index (χ3v) is 9.44. The monoisotopic (exact) mass is 801 g/mol. The molecule has 0 fully saturated rings. The SMILES string of the molecule is CCCCCCCC/C=C\CCCCCCCCCNCC(O)O.CCCCCCCC/C=C\CCCCCCCCCNCC(O)O.O=C(O)CCC(=O)O. The number of carboxylic acid groups (broad SMARTS) is 2. The van der Waals surface area contributed by atoms with E-state index < -0.39 is 24.5 Å². The molecule has 0 saturated carbocycles. The Morgan fingerprint density at radius 3 is 0.857 bits per heavy atom. The highest BCUT2D eigenvalue weighted by atomic mass is 16.5. The Kier molecular flexibility index (Phi) is 55.6. The summed E-state index contributed by atoms with van der Waals surface area (Å²) in [6.45, 7) is 6.89. The molecular formula is C46H92N2O8. The molecule has 0 atom stereocenters. The first-order chi connectivity index (χ1) is 27.2. The van der Waals surface area contributed by atoms with Crippen molar-refractivity contribution in [3.05, 3.63) is 24.3 Å². The number of aliphatic carboxylic acids is 2. The van der Waals surface area contributed by atoms with Gasteiger partial charge in [-0.2, -0.15) is 0 Å². The highest BCUT2D eigenvalue weighted by molar-refractivity contribution is 5.75. The molecule has 0 aliphatic carbocycles. The Balaban J connectivity index is -0.000000839. The number of aliphatic hydroxyl groups is 4. The van der Waals surface area contributed by atoms with Crippen molar-refractivity contribution in [3.63, 3.8) is 0 Å². The van der Waals surface area contributed by atoms with Gasteiger partial charge < -0.3 is 41.3 Å². The Labute approximate surface area is 344 Å². The van der Waals surface area contributed by atoms with Crippen molar-refractivity contribution in [2.45, 2.75) is 232 Å². The zero-order valence-electron chi connectivity index (χ0n) is 36.4. The molecule has 0 unspecified atom stereocenters. The smallest absolute Gasteiger partial charge is 0.303 e. The minimum Gasteiger partial charge on any atom is -0.481 e. The standard InChI is InChI=1S/2C21H43NO2.C4H6O4/c2*1-2-3-4-5-6-7-8-9-10-11-12-13-14-15-16-17-18-19-22-20-21(23)24;5-3(6)1-2-4(7)8/h2*9-10,21-24H,2-8,11-20H2,1H3;1-2H2,(H,5,6)(H,7,8)/b2*10-9-;. The van der Waals surface area contributed by atoms with Crippen molar-refractivity contribution in [1.82, 2.24) is 10.6 Å². The van der Waals surface area contributed by atoms with Crippen LogP contribution in [0.15, 0.2) is 24.3 Å². The van der Waals surface area contributed by atoms with Gasteiger partial charge in [-0.05, 0) is 77.3 Å². The van der Waals surface area contributed by atoms with Gasteiger partial charge in [0.25, 0.3) is 0 Å². The van der Waals surface area contributed by atoms with E-state index in [1.807, 2.05) is 0 Å². The molecule has 8 N–H and O–H groups in total. The van der Waals surface area contributed by atoms with Gasteiger partial charge in [0.2, 0.25) is 0 Å². The van der Waals surface area contributed by atoms with E-state index in [0.29, 0.717) is 0 Å². The van der Waals surface area contributed by atoms with Gasteiger partial charge in [0, 0.05) is 13.1 Å². The molecule has 0 amide bonds. The molecule has 0 saturated heterocycles. The second-order valence-corrected chi connectivity index (χ2v) is 15.2. The lowest BCUT2D eigenvalue weighted by Crippen LogP contribution is -2.26. The first-order valence-corrected chi connectivity index (χ1v) is 23.0. The lowest BCUT2D eigenvalue weighted by Gasteiger charge is -2.05. The molecule has 0 aliphatic heterocycles. The summed E-state index contributed by atoms with van der Waals surface area (Å²) in [6.07, 6.45) is 46.4. The molecule has 0 bridgehead atoms. The fourth-order valence-electron chi connectivity index (χ4n) is 6.02. The molecule has 0 heterocycles. The second-order valence-electron chi connectivity index (χ2n) is 15.2. The van der Waals surface area contributed by atoms with Gasteiger partial charge in [-0.25, -0.2) is 0 Å². The Hall–Kier alpha value is -1.82. The topological polar surface area (TPSA) is 180 Å². The van der Waals surface area contributed by atoms with Gasteiger partial charge in [-0.1, -0.05) is 167 Å². The van der Waals surface area contributed by atoms with E-state index in [1.54, 1.807) is 0 Å². The zero-order chi connectivity index (χ0) is 42.0. The predicted octanol–water partition coefficient (Wildman–Crippen LogP) is 10.6. The van der Waals surface area contributed by atoms with Crippen LogP contribution in [-0.4, -0.2) is 81.3 Å². The fraction of sp³-hybridized carbons (Fsp3) is 0.870. The van der Waals surface area contributed by atoms with Crippen LogP contribution < -0.4 is 10.6 Å². The number of hydrogen-bond acceptors (Lipinski definition) is 8. The largest absolute Gasteiger partial charge is 0.481 e. The van der Waals surface area contributed by atoms with Gasteiger partial charge in [-0.15, -0.1) is 0 Å². The summed E-state index contributed by atoms with van der Waals surface area (Å²) in [5.41, 5.74) is 0. The maximum absolute atomic E-state index is 9.64. The van der Waals surface area contributed by atoms with Crippen molar-refractivity contribution in [2.24, 2.45) is 0 Å². The maximum atomic E-state index is 9.64. The van der Waals surface area contributed by atoms with Crippen molar-refractivity contribution in [2.75, 3.05) is 26.2 Å². The summed E-state index contributed by atoms with van der Waals surface area (Å²) in [4.78, 5) is 19.3. The molecule has 334 valence electrons. The van der Waals surface area contributed by atoms with E-state index >= 15 is 0 Å². The van der Waals surface area contributed by atoms with E-state index in [4.69, 9.17) is 30.6 Å². The van der Waals surface area contributed by atoms with E-state index in [-0.39, 0.29) is 25.9 Å². The van der Waals surface area contributed by atoms with Gasteiger partial charge >= 0.3 is 11.9 Å². The molecule has 10 nitrogen and oxygen atoms in total. The highest BCUT2D eigenvalue weighted by Crippen LogP contribution is 2.12. The highest BCUT2D eigenvalue weighted by Gasteiger charge is 2.01. The first kappa shape index (κ1) is 58.5. The molecule has 0 aromatic carbocycles. The Bertz CT molecular complexity index is 757. The number of carboxylic acids is 2. The Morgan fingerprint density at radius 2 is 0.625 bits per heavy atom.